The minimum absolute atomic E-state index is 0.0719. The molecule has 1 unspecified atom stereocenters. The van der Waals surface area contributed by atoms with Crippen LogP contribution in [0.3, 0.4) is 0 Å². The van der Waals surface area contributed by atoms with Crippen LogP contribution in [0.15, 0.2) is 60.7 Å². The Hall–Kier alpha value is -2.11. The van der Waals surface area contributed by atoms with E-state index in [1.54, 1.807) is 0 Å². The van der Waals surface area contributed by atoms with Crippen LogP contribution < -0.4 is 0 Å². The zero-order valence-corrected chi connectivity index (χ0v) is 11.3. The number of nitriles is 1. The van der Waals surface area contributed by atoms with E-state index in [1.165, 1.54) is 11.1 Å². The first kappa shape index (κ1) is 12.9. The van der Waals surface area contributed by atoms with Gasteiger partial charge in [-0.25, -0.2) is 0 Å². The van der Waals surface area contributed by atoms with Crippen LogP contribution in [0.2, 0.25) is 0 Å². The number of hydrogen-bond acceptors (Lipinski definition) is 2. The fourth-order valence-electron chi connectivity index (χ4n) is 3.28. The van der Waals surface area contributed by atoms with E-state index in [-0.39, 0.29) is 11.5 Å². The molecule has 0 radical (unpaired) electrons. The van der Waals surface area contributed by atoms with Crippen molar-refractivity contribution in [2.75, 3.05) is 6.61 Å². The van der Waals surface area contributed by atoms with Crippen LogP contribution in [0.4, 0.5) is 0 Å². The van der Waals surface area contributed by atoms with Crippen molar-refractivity contribution in [2.24, 2.45) is 0 Å². The van der Waals surface area contributed by atoms with Gasteiger partial charge >= 0.3 is 0 Å². The van der Waals surface area contributed by atoms with Crippen LogP contribution in [0.5, 0.6) is 0 Å². The quantitative estimate of drug-likeness (QED) is 0.846. The third-order valence-corrected chi connectivity index (χ3v) is 4.22. The van der Waals surface area contributed by atoms with E-state index in [4.69, 9.17) is 10.00 Å². The predicted octanol–water partition coefficient (Wildman–Crippen LogP) is 3.68. The molecule has 1 atom stereocenters. The molecule has 1 aliphatic heterocycles. The van der Waals surface area contributed by atoms with E-state index in [9.17, 15) is 0 Å². The van der Waals surface area contributed by atoms with Crippen molar-refractivity contribution in [3.63, 3.8) is 0 Å². The predicted molar refractivity (Wildman–Crippen MR) is 78.3 cm³/mol. The minimum Gasteiger partial charge on any atom is -0.376 e. The molecule has 0 N–H and O–H groups in total. The first-order chi connectivity index (χ1) is 9.88. The Morgan fingerprint density at radius 2 is 1.55 bits per heavy atom. The van der Waals surface area contributed by atoms with E-state index in [1.807, 2.05) is 12.1 Å². The van der Waals surface area contributed by atoms with Gasteiger partial charge in [-0.05, 0) is 17.5 Å². The molecule has 3 rings (SSSR count). The molecule has 2 aromatic carbocycles. The van der Waals surface area contributed by atoms with Crippen molar-refractivity contribution in [3.8, 4) is 6.07 Å². The summed E-state index contributed by atoms with van der Waals surface area (Å²) in [6.07, 6.45) is 1.27. The highest BCUT2D eigenvalue weighted by Crippen LogP contribution is 2.45. The first-order valence-corrected chi connectivity index (χ1v) is 6.97. The number of rotatable bonds is 3. The molecule has 2 heteroatoms. The molecular formula is C18H17NO. The lowest BCUT2D eigenvalue weighted by Crippen LogP contribution is -2.36. The number of ether oxygens (including phenoxy) is 1. The zero-order chi connectivity index (χ0) is 13.8. The maximum absolute atomic E-state index is 9.12. The molecule has 0 bridgehead atoms. The van der Waals surface area contributed by atoms with Gasteiger partial charge in [-0.2, -0.15) is 5.26 Å². The molecule has 2 aromatic rings. The summed E-state index contributed by atoms with van der Waals surface area (Å²) in [5, 5.41) is 9.12. The van der Waals surface area contributed by atoms with Crippen molar-refractivity contribution in [2.45, 2.75) is 24.4 Å². The van der Waals surface area contributed by atoms with Crippen LogP contribution in [-0.4, -0.2) is 12.7 Å². The summed E-state index contributed by atoms with van der Waals surface area (Å²) >= 11 is 0. The second kappa shape index (κ2) is 5.48. The first-order valence-electron chi connectivity index (χ1n) is 6.97. The van der Waals surface area contributed by atoms with Gasteiger partial charge in [-0.3, -0.25) is 0 Å². The SMILES string of the molecule is N#CCC1OCCC1(c1ccccc1)c1ccccc1. The lowest BCUT2D eigenvalue weighted by Gasteiger charge is -2.34. The van der Waals surface area contributed by atoms with E-state index >= 15 is 0 Å². The molecular weight excluding hydrogens is 246 g/mol. The molecule has 100 valence electrons. The molecule has 0 spiro atoms. The Labute approximate surface area is 119 Å². The highest BCUT2D eigenvalue weighted by Gasteiger charge is 2.46. The molecule has 1 fully saturated rings. The molecule has 1 aliphatic rings. The van der Waals surface area contributed by atoms with Crippen LogP contribution in [-0.2, 0) is 10.2 Å². The number of hydrogen-bond donors (Lipinski definition) is 0. The average Bonchev–Trinajstić information content (AvgIpc) is 2.94. The second-order valence-electron chi connectivity index (χ2n) is 5.18. The van der Waals surface area contributed by atoms with Gasteiger partial charge in [-0.15, -0.1) is 0 Å². The summed E-state index contributed by atoms with van der Waals surface area (Å²) in [5.74, 6) is 0. The monoisotopic (exact) mass is 263 g/mol. The summed E-state index contributed by atoms with van der Waals surface area (Å²) < 4.78 is 5.90. The standard InChI is InChI=1S/C18H17NO/c19-13-11-17-18(12-14-20-17,15-7-3-1-4-8-15)16-9-5-2-6-10-16/h1-10,17H,11-12,14H2. The van der Waals surface area contributed by atoms with E-state index < -0.39 is 0 Å². The van der Waals surface area contributed by atoms with Crippen molar-refractivity contribution in [3.05, 3.63) is 71.8 Å². The van der Waals surface area contributed by atoms with E-state index in [0.717, 1.165) is 6.42 Å². The topological polar surface area (TPSA) is 33.0 Å². The van der Waals surface area contributed by atoms with Gasteiger partial charge in [0.15, 0.2) is 0 Å². The van der Waals surface area contributed by atoms with Gasteiger partial charge in [0.25, 0.3) is 0 Å². The van der Waals surface area contributed by atoms with Gasteiger partial charge in [0.1, 0.15) is 0 Å². The highest BCUT2D eigenvalue weighted by atomic mass is 16.5. The maximum Gasteiger partial charge on any atom is 0.0842 e. The smallest absolute Gasteiger partial charge is 0.0842 e. The Morgan fingerprint density at radius 3 is 2.05 bits per heavy atom. The van der Waals surface area contributed by atoms with Gasteiger partial charge < -0.3 is 4.74 Å². The second-order valence-corrected chi connectivity index (χ2v) is 5.18. The summed E-state index contributed by atoms with van der Waals surface area (Å²) in [5.41, 5.74) is 2.28. The fourth-order valence-corrected chi connectivity index (χ4v) is 3.28. The molecule has 20 heavy (non-hydrogen) atoms. The number of benzene rings is 2. The molecule has 1 heterocycles. The van der Waals surface area contributed by atoms with Gasteiger partial charge in [-0.1, -0.05) is 60.7 Å². The normalized spacial score (nSPS) is 20.4. The van der Waals surface area contributed by atoms with E-state index in [0.29, 0.717) is 13.0 Å². The molecule has 2 nitrogen and oxygen atoms in total. The Morgan fingerprint density at radius 1 is 1.00 bits per heavy atom. The number of nitrogens with zero attached hydrogens (tertiary/aromatic N) is 1. The summed E-state index contributed by atoms with van der Waals surface area (Å²) in [7, 11) is 0. The van der Waals surface area contributed by atoms with Gasteiger partial charge in [0.2, 0.25) is 0 Å². The van der Waals surface area contributed by atoms with Gasteiger partial charge in [0.05, 0.1) is 18.6 Å². The summed E-state index contributed by atoms with van der Waals surface area (Å²) in [4.78, 5) is 0. The van der Waals surface area contributed by atoms with Crippen molar-refractivity contribution >= 4 is 0 Å². The van der Waals surface area contributed by atoms with Crippen molar-refractivity contribution in [1.29, 1.82) is 5.26 Å². The summed E-state index contributed by atoms with van der Waals surface area (Å²) in [6, 6.07) is 23.1. The third-order valence-electron chi connectivity index (χ3n) is 4.22. The van der Waals surface area contributed by atoms with Crippen molar-refractivity contribution in [1.82, 2.24) is 0 Å². The van der Waals surface area contributed by atoms with Gasteiger partial charge in [0, 0.05) is 12.0 Å². The molecule has 0 saturated carbocycles. The molecule has 0 amide bonds. The zero-order valence-electron chi connectivity index (χ0n) is 11.3. The molecule has 1 saturated heterocycles. The average molecular weight is 263 g/mol. The highest BCUT2D eigenvalue weighted by molar-refractivity contribution is 5.42. The van der Waals surface area contributed by atoms with Crippen LogP contribution in [0.1, 0.15) is 24.0 Å². The Balaban J connectivity index is 2.16. The van der Waals surface area contributed by atoms with Crippen LogP contribution >= 0.6 is 0 Å². The lowest BCUT2D eigenvalue weighted by atomic mass is 9.69. The minimum atomic E-state index is -0.196. The Kier molecular flexibility index (Phi) is 3.54. The molecule has 0 aromatic heterocycles. The van der Waals surface area contributed by atoms with Crippen molar-refractivity contribution < 1.29 is 4.74 Å². The van der Waals surface area contributed by atoms with Crippen LogP contribution in [0.25, 0.3) is 0 Å². The molecule has 0 aliphatic carbocycles. The van der Waals surface area contributed by atoms with Crippen LogP contribution in [0, 0.1) is 11.3 Å². The summed E-state index contributed by atoms with van der Waals surface area (Å²) in [6.45, 7) is 0.704. The maximum atomic E-state index is 9.12. The lowest BCUT2D eigenvalue weighted by molar-refractivity contribution is 0.0918. The largest absolute Gasteiger partial charge is 0.376 e. The van der Waals surface area contributed by atoms with E-state index in [2.05, 4.69) is 54.6 Å². The third kappa shape index (κ3) is 2.01. The fraction of sp³-hybridized carbons (Fsp3) is 0.278. The Bertz CT molecular complexity index is 561.